The van der Waals surface area contributed by atoms with E-state index in [9.17, 15) is 26.3 Å². The number of carboxylic acids is 2. The summed E-state index contributed by atoms with van der Waals surface area (Å²) in [7, 11) is 3.77. The van der Waals surface area contributed by atoms with Gasteiger partial charge in [0.05, 0.1) is 12.8 Å². The molecule has 1 aliphatic heterocycles. The Morgan fingerprint density at radius 2 is 1.68 bits per heavy atom. The van der Waals surface area contributed by atoms with Crippen molar-refractivity contribution >= 4 is 11.9 Å². The molecule has 0 fully saturated rings. The summed E-state index contributed by atoms with van der Waals surface area (Å²) in [6.07, 6.45) is -4.44. The van der Waals surface area contributed by atoms with Crippen LogP contribution in [0.25, 0.3) is 0 Å². The van der Waals surface area contributed by atoms with E-state index in [4.69, 9.17) is 24.5 Å². The van der Waals surface area contributed by atoms with E-state index < -0.39 is 24.3 Å². The first-order chi connectivity index (χ1) is 15.7. The Balaban J connectivity index is 0.000000343. The fourth-order valence-corrected chi connectivity index (χ4v) is 3.05. The van der Waals surface area contributed by atoms with Crippen LogP contribution in [-0.4, -0.2) is 74.4 Å². The number of nitrogens with zero attached hydrogens (tertiary/aromatic N) is 4. The van der Waals surface area contributed by atoms with Gasteiger partial charge in [-0.1, -0.05) is 6.07 Å². The summed E-state index contributed by atoms with van der Waals surface area (Å²) in [6.45, 7) is 3.59. The number of carbonyl (C=O) groups is 2. The number of carboxylic acid groups (broad SMARTS) is 2. The summed E-state index contributed by atoms with van der Waals surface area (Å²) in [5, 5.41) is 18.6. The van der Waals surface area contributed by atoms with Gasteiger partial charge in [-0.2, -0.15) is 31.4 Å². The monoisotopic (exact) mass is 500 g/mol. The molecule has 0 saturated carbocycles. The van der Waals surface area contributed by atoms with Crippen molar-refractivity contribution < 1.29 is 50.9 Å². The minimum Gasteiger partial charge on any atom is -0.475 e. The number of alkyl halides is 6. The molecular weight excluding hydrogens is 478 g/mol. The smallest absolute Gasteiger partial charge is 0.475 e. The van der Waals surface area contributed by atoms with Gasteiger partial charge >= 0.3 is 24.3 Å². The third-order valence-corrected chi connectivity index (χ3v) is 4.31. The molecule has 0 radical (unpaired) electrons. The van der Waals surface area contributed by atoms with Crippen LogP contribution in [0.1, 0.15) is 22.7 Å². The van der Waals surface area contributed by atoms with Crippen LogP contribution in [0.3, 0.4) is 0 Å². The lowest BCUT2D eigenvalue weighted by Gasteiger charge is -2.32. The van der Waals surface area contributed by atoms with Gasteiger partial charge in [0.15, 0.2) is 0 Å². The van der Waals surface area contributed by atoms with Crippen LogP contribution >= 0.6 is 0 Å². The first kappa shape index (κ1) is 28.8. The average Bonchev–Trinajstić information content (AvgIpc) is 3.09. The second-order valence-electron chi connectivity index (χ2n) is 6.97. The molecule has 0 amide bonds. The molecule has 3 heterocycles. The van der Waals surface area contributed by atoms with Gasteiger partial charge in [-0.05, 0) is 11.6 Å². The van der Waals surface area contributed by atoms with Crippen molar-refractivity contribution in [3.05, 3.63) is 47.5 Å². The Bertz CT molecular complexity index is 909. The van der Waals surface area contributed by atoms with Crippen molar-refractivity contribution in [2.24, 2.45) is 7.05 Å². The first-order valence-corrected chi connectivity index (χ1v) is 9.38. The van der Waals surface area contributed by atoms with Gasteiger partial charge < -0.3 is 14.9 Å². The zero-order valence-electron chi connectivity index (χ0n) is 18.0. The largest absolute Gasteiger partial charge is 0.490 e. The number of fused-ring (bicyclic) bond motifs is 1. The van der Waals surface area contributed by atoms with Gasteiger partial charge in [0.1, 0.15) is 0 Å². The van der Waals surface area contributed by atoms with E-state index in [0.717, 1.165) is 26.2 Å². The highest BCUT2D eigenvalue weighted by Gasteiger charge is 2.38. The lowest BCUT2D eigenvalue weighted by molar-refractivity contribution is -0.193. The molecule has 190 valence electrons. The number of aliphatic carboxylic acids is 2. The van der Waals surface area contributed by atoms with E-state index in [1.165, 1.54) is 16.8 Å². The molecule has 3 rings (SSSR count). The lowest BCUT2D eigenvalue weighted by Crippen LogP contribution is -2.35. The Kier molecular flexibility index (Phi) is 10.4. The van der Waals surface area contributed by atoms with Gasteiger partial charge in [-0.3, -0.25) is 14.6 Å². The standard InChI is InChI=1S/C15H20N4O.2C2HF3O2/c1-18-15-13(7-17-18)9-19(10-14(15)11-20-2)8-12-4-3-5-16-6-12;2*3-2(4,5)1(6)7/h3-7,14H,8-11H2,1-2H3;2*(H,6,7). The lowest BCUT2D eigenvalue weighted by atomic mass is 9.96. The molecule has 0 saturated heterocycles. The molecule has 0 aromatic carbocycles. The number of methoxy groups -OCH3 is 1. The van der Waals surface area contributed by atoms with Crippen LogP contribution in [0.15, 0.2) is 30.7 Å². The zero-order valence-corrected chi connectivity index (χ0v) is 18.0. The summed E-state index contributed by atoms with van der Waals surface area (Å²) < 4.78 is 70.8. The minimum absolute atomic E-state index is 0.382. The molecule has 1 unspecified atom stereocenters. The molecule has 2 aromatic rings. The highest BCUT2D eigenvalue weighted by molar-refractivity contribution is 5.73. The predicted molar refractivity (Wildman–Crippen MR) is 104 cm³/mol. The molecule has 0 aliphatic carbocycles. The number of aromatic nitrogens is 3. The molecule has 2 aromatic heterocycles. The van der Waals surface area contributed by atoms with Crippen LogP contribution in [0.4, 0.5) is 26.3 Å². The van der Waals surface area contributed by atoms with Gasteiger partial charge in [0.2, 0.25) is 0 Å². The van der Waals surface area contributed by atoms with Crippen molar-refractivity contribution in [3.8, 4) is 0 Å². The summed E-state index contributed by atoms with van der Waals surface area (Å²) in [5.74, 6) is -5.13. The summed E-state index contributed by atoms with van der Waals surface area (Å²) in [4.78, 5) is 24.4. The number of hydrogen-bond donors (Lipinski definition) is 2. The van der Waals surface area contributed by atoms with Crippen LogP contribution in [0, 0.1) is 0 Å². The zero-order chi connectivity index (χ0) is 26.1. The molecule has 0 bridgehead atoms. The van der Waals surface area contributed by atoms with Gasteiger partial charge in [-0.25, -0.2) is 9.59 Å². The fraction of sp³-hybridized carbons (Fsp3) is 0.474. The van der Waals surface area contributed by atoms with Crippen molar-refractivity contribution in [2.45, 2.75) is 31.4 Å². The maximum atomic E-state index is 10.6. The number of ether oxygens (including phenoxy) is 1. The first-order valence-electron chi connectivity index (χ1n) is 9.38. The van der Waals surface area contributed by atoms with Crippen molar-refractivity contribution in [2.75, 3.05) is 20.3 Å². The molecular formula is C19H22F6N4O5. The highest BCUT2D eigenvalue weighted by atomic mass is 19.4. The van der Waals surface area contributed by atoms with Crippen LogP contribution in [-0.2, 0) is 34.5 Å². The van der Waals surface area contributed by atoms with Gasteiger partial charge in [0.25, 0.3) is 0 Å². The average molecular weight is 500 g/mol. The van der Waals surface area contributed by atoms with E-state index in [2.05, 4.69) is 21.0 Å². The minimum atomic E-state index is -5.08. The van der Waals surface area contributed by atoms with Crippen molar-refractivity contribution in [1.82, 2.24) is 19.7 Å². The summed E-state index contributed by atoms with van der Waals surface area (Å²) >= 11 is 0. The second kappa shape index (κ2) is 12.3. The quantitative estimate of drug-likeness (QED) is 0.616. The number of halogens is 6. The molecule has 9 nitrogen and oxygen atoms in total. The second-order valence-corrected chi connectivity index (χ2v) is 6.97. The van der Waals surface area contributed by atoms with Crippen LogP contribution in [0.2, 0.25) is 0 Å². The topological polar surface area (TPSA) is 118 Å². The van der Waals surface area contributed by atoms with Crippen molar-refractivity contribution in [3.63, 3.8) is 0 Å². The van der Waals surface area contributed by atoms with E-state index in [0.29, 0.717) is 5.92 Å². The Morgan fingerprint density at radius 1 is 1.12 bits per heavy atom. The number of hydrogen-bond acceptors (Lipinski definition) is 6. The predicted octanol–water partition coefficient (Wildman–Crippen LogP) is 2.83. The summed E-state index contributed by atoms with van der Waals surface area (Å²) in [6, 6.07) is 4.11. The normalized spacial score (nSPS) is 15.8. The van der Waals surface area contributed by atoms with Crippen LogP contribution in [0.5, 0.6) is 0 Å². The fourth-order valence-electron chi connectivity index (χ4n) is 3.05. The van der Waals surface area contributed by atoms with E-state index in [1.54, 1.807) is 7.11 Å². The SMILES string of the molecule is COCC1CN(Cc2cccnc2)Cc2cnn(C)c21.O=C(O)C(F)(F)F.O=C(O)C(F)(F)F. The molecule has 1 atom stereocenters. The van der Waals surface area contributed by atoms with Gasteiger partial charge in [0, 0.05) is 63.4 Å². The molecule has 2 N–H and O–H groups in total. The van der Waals surface area contributed by atoms with E-state index in [-0.39, 0.29) is 0 Å². The Morgan fingerprint density at radius 3 is 2.12 bits per heavy atom. The maximum absolute atomic E-state index is 10.6. The summed E-state index contributed by atoms with van der Waals surface area (Å²) in [5.41, 5.74) is 3.87. The molecule has 0 spiro atoms. The third kappa shape index (κ3) is 9.35. The number of aryl methyl sites for hydroxylation is 1. The number of rotatable bonds is 4. The number of pyridine rings is 1. The molecule has 1 aliphatic rings. The van der Waals surface area contributed by atoms with Crippen LogP contribution < -0.4 is 0 Å². The molecule has 34 heavy (non-hydrogen) atoms. The van der Waals surface area contributed by atoms with Gasteiger partial charge in [-0.15, -0.1) is 0 Å². The Hall–Kier alpha value is -3.20. The van der Waals surface area contributed by atoms with Crippen molar-refractivity contribution in [1.29, 1.82) is 0 Å². The molecule has 15 heteroatoms. The Labute approximate surface area is 189 Å². The van der Waals surface area contributed by atoms with E-state index in [1.807, 2.05) is 36.4 Å². The van der Waals surface area contributed by atoms with E-state index >= 15 is 0 Å². The maximum Gasteiger partial charge on any atom is 0.490 e. The third-order valence-electron chi connectivity index (χ3n) is 4.31. The highest BCUT2D eigenvalue weighted by Crippen LogP contribution is 2.28.